The van der Waals surface area contributed by atoms with Crippen LogP contribution in [0.3, 0.4) is 0 Å². The third-order valence-electron chi connectivity index (χ3n) is 4.11. The zero-order valence-electron chi connectivity index (χ0n) is 13.7. The zero-order valence-corrected chi connectivity index (χ0v) is 13.7. The van der Waals surface area contributed by atoms with Crippen LogP contribution in [0.5, 0.6) is 0 Å². The van der Waals surface area contributed by atoms with Gasteiger partial charge in [0, 0.05) is 36.5 Å². The van der Waals surface area contributed by atoms with E-state index in [9.17, 15) is 4.79 Å². The molecule has 1 amide bonds. The monoisotopic (exact) mass is 318 g/mol. The molecule has 24 heavy (non-hydrogen) atoms. The average Bonchev–Trinajstić information content (AvgIpc) is 2.99. The van der Waals surface area contributed by atoms with Crippen molar-refractivity contribution < 1.29 is 9.21 Å². The van der Waals surface area contributed by atoms with E-state index in [1.807, 2.05) is 31.2 Å². The molecule has 0 N–H and O–H groups in total. The minimum Gasteiger partial charge on any atom is -0.461 e. The highest BCUT2D eigenvalue weighted by Crippen LogP contribution is 2.27. The van der Waals surface area contributed by atoms with Crippen LogP contribution in [0.15, 0.2) is 52.9 Å². The van der Waals surface area contributed by atoms with Crippen LogP contribution < -0.4 is 0 Å². The maximum atomic E-state index is 12.6. The molecule has 0 saturated carbocycles. The van der Waals surface area contributed by atoms with Crippen molar-refractivity contribution in [1.29, 1.82) is 5.26 Å². The number of amides is 1. The van der Waals surface area contributed by atoms with Crippen molar-refractivity contribution in [3.63, 3.8) is 0 Å². The maximum Gasteiger partial charge on any atom is 0.253 e. The van der Waals surface area contributed by atoms with Crippen LogP contribution in [0.1, 0.15) is 34.2 Å². The highest BCUT2D eigenvalue weighted by Gasteiger charge is 2.18. The van der Waals surface area contributed by atoms with E-state index in [0.717, 1.165) is 28.7 Å². The van der Waals surface area contributed by atoms with Gasteiger partial charge in [-0.05, 0) is 30.3 Å². The van der Waals surface area contributed by atoms with Gasteiger partial charge in [-0.25, -0.2) is 0 Å². The third-order valence-corrected chi connectivity index (χ3v) is 4.11. The summed E-state index contributed by atoms with van der Waals surface area (Å²) in [6, 6.07) is 16.6. The number of para-hydroxylation sites is 1. The van der Waals surface area contributed by atoms with Crippen LogP contribution >= 0.6 is 0 Å². The molecule has 1 heterocycles. The van der Waals surface area contributed by atoms with Gasteiger partial charge in [0.1, 0.15) is 11.3 Å². The molecule has 2 aromatic carbocycles. The highest BCUT2D eigenvalue weighted by molar-refractivity contribution is 5.94. The van der Waals surface area contributed by atoms with Gasteiger partial charge in [0.25, 0.3) is 5.91 Å². The van der Waals surface area contributed by atoms with Gasteiger partial charge >= 0.3 is 0 Å². The number of carbonyl (C=O) groups excluding carboxylic acids is 1. The standard InChI is InChI=1S/C20H18N2O2/c1-3-18-17(16-6-4-5-7-19(16)24-18)13-22(2)20(23)15-10-8-14(12-21)9-11-15/h4-11H,3,13H2,1-2H3. The minimum absolute atomic E-state index is 0.0770. The molecule has 0 aliphatic rings. The first kappa shape index (κ1) is 15.8. The van der Waals surface area contributed by atoms with Crippen molar-refractivity contribution in [3.05, 3.63) is 71.0 Å². The number of nitriles is 1. The van der Waals surface area contributed by atoms with E-state index < -0.39 is 0 Å². The van der Waals surface area contributed by atoms with E-state index in [2.05, 4.69) is 6.07 Å². The molecule has 0 fully saturated rings. The molecule has 3 aromatic rings. The minimum atomic E-state index is -0.0770. The number of aryl methyl sites for hydroxylation is 1. The van der Waals surface area contributed by atoms with Gasteiger partial charge in [-0.3, -0.25) is 4.79 Å². The first-order valence-electron chi connectivity index (χ1n) is 7.89. The number of rotatable bonds is 4. The van der Waals surface area contributed by atoms with Crippen molar-refractivity contribution in [2.45, 2.75) is 19.9 Å². The molecule has 0 bridgehead atoms. The quantitative estimate of drug-likeness (QED) is 0.726. The molecule has 0 unspecified atom stereocenters. The molecule has 0 aliphatic heterocycles. The van der Waals surface area contributed by atoms with Crippen LogP contribution in [0.4, 0.5) is 0 Å². The molecule has 0 aliphatic carbocycles. The van der Waals surface area contributed by atoms with Crippen LogP contribution in [-0.4, -0.2) is 17.9 Å². The summed E-state index contributed by atoms with van der Waals surface area (Å²) in [6.45, 7) is 2.53. The largest absolute Gasteiger partial charge is 0.461 e. The zero-order chi connectivity index (χ0) is 17.1. The molecule has 4 heteroatoms. The average molecular weight is 318 g/mol. The molecule has 120 valence electrons. The summed E-state index contributed by atoms with van der Waals surface area (Å²) in [6.07, 6.45) is 0.781. The smallest absolute Gasteiger partial charge is 0.253 e. The van der Waals surface area contributed by atoms with E-state index in [1.54, 1.807) is 36.2 Å². The van der Waals surface area contributed by atoms with Crippen LogP contribution in [0.2, 0.25) is 0 Å². The molecular weight excluding hydrogens is 300 g/mol. The summed E-state index contributed by atoms with van der Waals surface area (Å²) >= 11 is 0. The fraction of sp³-hybridized carbons (Fsp3) is 0.200. The van der Waals surface area contributed by atoms with Gasteiger partial charge in [0.05, 0.1) is 11.6 Å². The topological polar surface area (TPSA) is 57.2 Å². The molecule has 1 aromatic heterocycles. The Hall–Kier alpha value is -3.06. The number of hydrogen-bond donors (Lipinski definition) is 0. The van der Waals surface area contributed by atoms with Gasteiger partial charge in [-0.15, -0.1) is 0 Å². The lowest BCUT2D eigenvalue weighted by Gasteiger charge is -2.17. The number of fused-ring (bicyclic) bond motifs is 1. The molecule has 3 rings (SSSR count). The Bertz CT molecular complexity index is 917. The van der Waals surface area contributed by atoms with Crippen molar-refractivity contribution >= 4 is 16.9 Å². The summed E-state index contributed by atoms with van der Waals surface area (Å²) in [5, 5.41) is 9.90. The van der Waals surface area contributed by atoms with Crippen molar-refractivity contribution in [2.24, 2.45) is 0 Å². The normalized spacial score (nSPS) is 10.5. The summed E-state index contributed by atoms with van der Waals surface area (Å²) in [7, 11) is 1.78. The van der Waals surface area contributed by atoms with E-state index in [4.69, 9.17) is 9.68 Å². The van der Waals surface area contributed by atoms with Gasteiger partial charge in [-0.1, -0.05) is 25.1 Å². The second kappa shape index (κ2) is 6.59. The van der Waals surface area contributed by atoms with Crippen LogP contribution in [-0.2, 0) is 13.0 Å². The predicted molar refractivity (Wildman–Crippen MR) is 92.5 cm³/mol. The number of furan rings is 1. The lowest BCUT2D eigenvalue weighted by atomic mass is 10.1. The number of carbonyl (C=O) groups is 1. The summed E-state index contributed by atoms with van der Waals surface area (Å²) in [4.78, 5) is 14.3. The third kappa shape index (κ3) is 2.89. The first-order valence-corrected chi connectivity index (χ1v) is 7.89. The Labute approximate surface area is 140 Å². The summed E-state index contributed by atoms with van der Waals surface area (Å²) in [5.41, 5.74) is 3.02. The van der Waals surface area contributed by atoms with Gasteiger partial charge in [0.15, 0.2) is 0 Å². The molecule has 4 nitrogen and oxygen atoms in total. The second-order valence-electron chi connectivity index (χ2n) is 5.70. The van der Waals surface area contributed by atoms with Gasteiger partial charge in [-0.2, -0.15) is 5.26 Å². The van der Waals surface area contributed by atoms with Crippen LogP contribution in [0, 0.1) is 11.3 Å². The van der Waals surface area contributed by atoms with Crippen molar-refractivity contribution in [1.82, 2.24) is 4.90 Å². The molecule has 0 spiro atoms. The van der Waals surface area contributed by atoms with Gasteiger partial charge in [0.2, 0.25) is 0 Å². The number of hydrogen-bond acceptors (Lipinski definition) is 3. The molecule has 0 radical (unpaired) electrons. The fourth-order valence-electron chi connectivity index (χ4n) is 2.83. The second-order valence-corrected chi connectivity index (χ2v) is 5.70. The summed E-state index contributed by atoms with van der Waals surface area (Å²) in [5.74, 6) is 0.836. The van der Waals surface area contributed by atoms with E-state index in [1.165, 1.54) is 0 Å². The lowest BCUT2D eigenvalue weighted by Crippen LogP contribution is -2.26. The van der Waals surface area contributed by atoms with Crippen molar-refractivity contribution in [2.75, 3.05) is 7.05 Å². The fourth-order valence-corrected chi connectivity index (χ4v) is 2.83. The van der Waals surface area contributed by atoms with Gasteiger partial charge < -0.3 is 9.32 Å². The molecular formula is C20H18N2O2. The van der Waals surface area contributed by atoms with Crippen molar-refractivity contribution in [3.8, 4) is 6.07 Å². The summed E-state index contributed by atoms with van der Waals surface area (Å²) < 4.78 is 5.89. The van der Waals surface area contributed by atoms with E-state index in [0.29, 0.717) is 17.7 Å². The molecule has 0 atom stereocenters. The van der Waals surface area contributed by atoms with Crippen LogP contribution in [0.25, 0.3) is 11.0 Å². The Morgan fingerprint density at radius 1 is 1.17 bits per heavy atom. The Morgan fingerprint density at radius 3 is 2.54 bits per heavy atom. The Morgan fingerprint density at radius 2 is 1.88 bits per heavy atom. The maximum absolute atomic E-state index is 12.6. The lowest BCUT2D eigenvalue weighted by molar-refractivity contribution is 0.0785. The number of nitrogens with zero attached hydrogens (tertiary/aromatic N) is 2. The number of benzene rings is 2. The first-order chi connectivity index (χ1) is 11.6. The Kier molecular flexibility index (Phi) is 4.35. The van der Waals surface area contributed by atoms with E-state index in [-0.39, 0.29) is 5.91 Å². The highest BCUT2D eigenvalue weighted by atomic mass is 16.3. The molecule has 0 saturated heterocycles. The Balaban J connectivity index is 1.87. The van der Waals surface area contributed by atoms with E-state index >= 15 is 0 Å². The predicted octanol–water partition coefficient (Wildman–Crippen LogP) is 4.14. The SMILES string of the molecule is CCc1oc2ccccc2c1CN(C)C(=O)c1ccc(C#N)cc1.